The number of carbonyl (C=O) groups excluding carboxylic acids is 2. The van der Waals surface area contributed by atoms with Crippen LogP contribution in [0.3, 0.4) is 0 Å². The van der Waals surface area contributed by atoms with Gasteiger partial charge in [0.05, 0.1) is 10.9 Å². The van der Waals surface area contributed by atoms with Crippen LogP contribution in [0.2, 0.25) is 5.02 Å². The summed E-state index contributed by atoms with van der Waals surface area (Å²) in [5, 5.41) is 10.9. The number of carbonyl (C=O) groups is 2. The van der Waals surface area contributed by atoms with E-state index in [0.29, 0.717) is 22.9 Å². The number of primary sulfonamides is 1. The summed E-state index contributed by atoms with van der Waals surface area (Å²) in [6.45, 7) is 0.345. The lowest BCUT2D eigenvalue weighted by molar-refractivity contribution is -0.117. The SMILES string of the molecule is NS(=O)(=O)c1ccc(NC(=O)N[C@@H]2CC(=O)N(c3ccc(Cl)cc3)C2)cc1. The third-order valence-electron chi connectivity index (χ3n) is 4.04. The number of sulfonamides is 1. The highest BCUT2D eigenvalue weighted by Gasteiger charge is 2.31. The fraction of sp³-hybridized carbons (Fsp3) is 0.176. The van der Waals surface area contributed by atoms with Gasteiger partial charge in [-0.05, 0) is 48.5 Å². The molecule has 1 saturated heterocycles. The van der Waals surface area contributed by atoms with Gasteiger partial charge in [0.2, 0.25) is 15.9 Å². The molecule has 3 amide bonds. The molecule has 3 rings (SSSR count). The average molecular weight is 409 g/mol. The second-order valence-corrected chi connectivity index (χ2v) is 8.05. The molecule has 1 fully saturated rings. The van der Waals surface area contributed by atoms with E-state index in [9.17, 15) is 18.0 Å². The van der Waals surface area contributed by atoms with Crippen LogP contribution in [0.25, 0.3) is 0 Å². The lowest BCUT2D eigenvalue weighted by Gasteiger charge is -2.17. The van der Waals surface area contributed by atoms with Gasteiger partial charge in [-0.2, -0.15) is 0 Å². The number of urea groups is 1. The summed E-state index contributed by atoms with van der Waals surface area (Å²) in [5.74, 6) is -0.0971. The molecule has 0 aliphatic carbocycles. The minimum Gasteiger partial charge on any atom is -0.333 e. The van der Waals surface area contributed by atoms with Crippen molar-refractivity contribution in [2.45, 2.75) is 17.4 Å². The maximum absolute atomic E-state index is 12.2. The van der Waals surface area contributed by atoms with E-state index in [1.165, 1.54) is 24.3 Å². The summed E-state index contributed by atoms with van der Waals surface area (Å²) in [5.41, 5.74) is 1.12. The molecule has 10 heteroatoms. The number of nitrogens with zero attached hydrogens (tertiary/aromatic N) is 1. The molecular formula is C17H17ClN4O4S. The van der Waals surface area contributed by atoms with Crippen molar-refractivity contribution < 1.29 is 18.0 Å². The van der Waals surface area contributed by atoms with Crippen LogP contribution in [0.1, 0.15) is 6.42 Å². The Morgan fingerprint density at radius 1 is 1.11 bits per heavy atom. The van der Waals surface area contributed by atoms with E-state index in [1.54, 1.807) is 29.2 Å². The van der Waals surface area contributed by atoms with Gasteiger partial charge in [0, 0.05) is 29.4 Å². The van der Waals surface area contributed by atoms with Crippen LogP contribution in [0, 0.1) is 0 Å². The third kappa shape index (κ3) is 4.76. The topological polar surface area (TPSA) is 122 Å². The maximum atomic E-state index is 12.2. The number of anilines is 2. The standard InChI is InChI=1S/C17H17ClN4O4S/c18-11-1-5-14(6-2-11)22-10-13(9-16(22)23)21-17(24)20-12-3-7-15(8-4-12)27(19,25)26/h1-8,13H,9-10H2,(H2,19,25,26)(H2,20,21,24)/t13-/m1/s1. The number of nitrogens with two attached hydrogens (primary N) is 1. The van der Waals surface area contributed by atoms with Gasteiger partial charge in [0.25, 0.3) is 0 Å². The highest BCUT2D eigenvalue weighted by molar-refractivity contribution is 7.89. The second kappa shape index (κ2) is 7.55. The first kappa shape index (κ1) is 19.2. The second-order valence-electron chi connectivity index (χ2n) is 6.05. The molecule has 1 atom stereocenters. The molecule has 8 nitrogen and oxygen atoms in total. The number of amides is 3. The third-order valence-corrected chi connectivity index (χ3v) is 5.22. The minimum absolute atomic E-state index is 0.0477. The van der Waals surface area contributed by atoms with E-state index < -0.39 is 16.1 Å². The molecule has 2 aromatic carbocycles. The fourth-order valence-electron chi connectivity index (χ4n) is 2.76. The van der Waals surface area contributed by atoms with Crippen molar-refractivity contribution in [2.24, 2.45) is 5.14 Å². The average Bonchev–Trinajstić information content (AvgIpc) is 2.95. The van der Waals surface area contributed by atoms with Crippen LogP contribution in [0.5, 0.6) is 0 Å². The first-order chi connectivity index (χ1) is 12.7. The molecule has 0 unspecified atom stereocenters. The maximum Gasteiger partial charge on any atom is 0.319 e. The molecule has 1 aliphatic rings. The first-order valence-electron chi connectivity index (χ1n) is 7.99. The van der Waals surface area contributed by atoms with Gasteiger partial charge in [0.15, 0.2) is 0 Å². The zero-order chi connectivity index (χ0) is 19.6. The molecule has 0 bridgehead atoms. The number of halogens is 1. The van der Waals surface area contributed by atoms with Gasteiger partial charge in [0.1, 0.15) is 0 Å². The van der Waals surface area contributed by atoms with Gasteiger partial charge in [-0.1, -0.05) is 11.6 Å². The minimum atomic E-state index is -3.79. The van der Waals surface area contributed by atoms with Gasteiger partial charge in [-0.3, -0.25) is 4.79 Å². The first-order valence-corrected chi connectivity index (χ1v) is 9.91. The smallest absolute Gasteiger partial charge is 0.319 e. The van der Waals surface area contributed by atoms with E-state index in [1.807, 2.05) is 0 Å². The van der Waals surface area contributed by atoms with Crippen molar-refractivity contribution in [1.29, 1.82) is 0 Å². The van der Waals surface area contributed by atoms with E-state index in [-0.39, 0.29) is 23.3 Å². The van der Waals surface area contributed by atoms with Gasteiger partial charge >= 0.3 is 6.03 Å². The Balaban J connectivity index is 1.58. The van der Waals surface area contributed by atoms with E-state index in [0.717, 1.165) is 0 Å². The van der Waals surface area contributed by atoms with E-state index in [4.69, 9.17) is 16.7 Å². The lowest BCUT2D eigenvalue weighted by Crippen LogP contribution is -2.39. The molecule has 1 heterocycles. The number of benzene rings is 2. The Morgan fingerprint density at radius 2 is 1.74 bits per heavy atom. The van der Waals surface area contributed by atoms with Crippen molar-refractivity contribution in [3.05, 3.63) is 53.6 Å². The molecule has 0 spiro atoms. The van der Waals surface area contributed by atoms with E-state index in [2.05, 4.69) is 10.6 Å². The summed E-state index contributed by atoms with van der Waals surface area (Å²) in [4.78, 5) is 25.9. The van der Waals surface area contributed by atoms with E-state index >= 15 is 0 Å². The van der Waals surface area contributed by atoms with Crippen molar-refractivity contribution in [3.63, 3.8) is 0 Å². The van der Waals surface area contributed by atoms with Crippen molar-refractivity contribution in [2.75, 3.05) is 16.8 Å². The van der Waals surface area contributed by atoms with Crippen LogP contribution < -0.4 is 20.7 Å². The number of nitrogens with one attached hydrogen (secondary N) is 2. The molecule has 0 aromatic heterocycles. The van der Waals surface area contributed by atoms with Gasteiger partial charge < -0.3 is 15.5 Å². The zero-order valence-electron chi connectivity index (χ0n) is 14.1. The zero-order valence-corrected chi connectivity index (χ0v) is 15.6. The summed E-state index contributed by atoms with van der Waals surface area (Å²) in [6, 6.07) is 11.5. The normalized spacial score (nSPS) is 17.0. The molecule has 4 N–H and O–H groups in total. The van der Waals surface area contributed by atoms with Gasteiger partial charge in [-0.25, -0.2) is 18.4 Å². The van der Waals surface area contributed by atoms with Crippen LogP contribution >= 0.6 is 11.6 Å². The molecule has 0 radical (unpaired) electrons. The molecule has 142 valence electrons. The Morgan fingerprint density at radius 3 is 2.33 bits per heavy atom. The fourth-order valence-corrected chi connectivity index (χ4v) is 3.40. The molecular weight excluding hydrogens is 392 g/mol. The summed E-state index contributed by atoms with van der Waals surface area (Å²) in [6.07, 6.45) is 0.181. The van der Waals surface area contributed by atoms with Crippen LogP contribution in [-0.4, -0.2) is 32.9 Å². The predicted molar refractivity (Wildman–Crippen MR) is 102 cm³/mol. The number of rotatable bonds is 4. The lowest BCUT2D eigenvalue weighted by atomic mass is 10.2. The molecule has 1 aliphatic heterocycles. The Bertz CT molecular complexity index is 961. The van der Waals surface area contributed by atoms with Crippen LogP contribution in [0.15, 0.2) is 53.4 Å². The highest BCUT2D eigenvalue weighted by atomic mass is 35.5. The predicted octanol–water partition coefficient (Wildman–Crippen LogP) is 1.91. The Hall–Kier alpha value is -2.62. The van der Waals surface area contributed by atoms with Crippen molar-refractivity contribution in [1.82, 2.24) is 5.32 Å². The molecule has 27 heavy (non-hydrogen) atoms. The number of hydrogen-bond donors (Lipinski definition) is 3. The Labute approximate surface area is 161 Å². The highest BCUT2D eigenvalue weighted by Crippen LogP contribution is 2.23. The summed E-state index contributed by atoms with van der Waals surface area (Å²) < 4.78 is 22.5. The molecule has 0 saturated carbocycles. The van der Waals surface area contributed by atoms with Crippen molar-refractivity contribution in [3.8, 4) is 0 Å². The summed E-state index contributed by atoms with van der Waals surface area (Å²) in [7, 11) is -3.79. The quantitative estimate of drug-likeness (QED) is 0.715. The largest absolute Gasteiger partial charge is 0.333 e. The van der Waals surface area contributed by atoms with Crippen LogP contribution in [0.4, 0.5) is 16.2 Å². The van der Waals surface area contributed by atoms with Gasteiger partial charge in [-0.15, -0.1) is 0 Å². The Kier molecular flexibility index (Phi) is 5.36. The van der Waals surface area contributed by atoms with Crippen molar-refractivity contribution >= 4 is 44.9 Å². The number of hydrogen-bond acceptors (Lipinski definition) is 4. The molecule has 2 aromatic rings. The van der Waals surface area contributed by atoms with Crippen LogP contribution in [-0.2, 0) is 14.8 Å². The monoisotopic (exact) mass is 408 g/mol. The summed E-state index contributed by atoms with van der Waals surface area (Å²) >= 11 is 5.85.